The van der Waals surface area contributed by atoms with Crippen LogP contribution in [-0.4, -0.2) is 57.5 Å². The van der Waals surface area contributed by atoms with Gasteiger partial charge in [-0.3, -0.25) is 4.90 Å². The highest BCUT2D eigenvalue weighted by molar-refractivity contribution is 7.89. The van der Waals surface area contributed by atoms with E-state index in [0.29, 0.717) is 4.90 Å². The molecule has 7 heteroatoms. The Morgan fingerprint density at radius 1 is 1.08 bits per heavy atom. The van der Waals surface area contributed by atoms with E-state index in [1.165, 1.54) is 4.88 Å². The van der Waals surface area contributed by atoms with Crippen molar-refractivity contribution in [1.29, 1.82) is 0 Å². The molecule has 5 nitrogen and oxygen atoms in total. The Kier molecular flexibility index (Phi) is 6.14. The van der Waals surface area contributed by atoms with Crippen molar-refractivity contribution >= 4 is 21.4 Å². The van der Waals surface area contributed by atoms with Gasteiger partial charge in [-0.25, -0.2) is 13.1 Å². The Labute approximate surface area is 160 Å². The van der Waals surface area contributed by atoms with Crippen molar-refractivity contribution in [3.63, 3.8) is 0 Å². The van der Waals surface area contributed by atoms with E-state index >= 15 is 0 Å². The minimum Gasteiger partial charge on any atom is -0.304 e. The zero-order valence-corrected chi connectivity index (χ0v) is 17.2. The number of benzene rings is 1. The SMILES string of the molecule is Cc1ccc(S(=O)(=O)N[C@H](C)[C@@H](c2cccs2)N2CCN(C)CC2)cc1. The lowest BCUT2D eigenvalue weighted by molar-refractivity contribution is 0.0994. The van der Waals surface area contributed by atoms with Crippen molar-refractivity contribution in [3.05, 3.63) is 52.2 Å². The van der Waals surface area contributed by atoms with Crippen LogP contribution < -0.4 is 4.72 Å². The molecule has 0 bridgehead atoms. The van der Waals surface area contributed by atoms with Gasteiger partial charge in [0.1, 0.15) is 0 Å². The molecule has 1 N–H and O–H groups in total. The minimum atomic E-state index is -3.54. The molecule has 0 saturated carbocycles. The Morgan fingerprint density at radius 2 is 1.73 bits per heavy atom. The summed E-state index contributed by atoms with van der Waals surface area (Å²) in [4.78, 5) is 6.23. The van der Waals surface area contributed by atoms with E-state index in [-0.39, 0.29) is 12.1 Å². The van der Waals surface area contributed by atoms with Gasteiger partial charge in [0.05, 0.1) is 10.9 Å². The lowest BCUT2D eigenvalue weighted by atomic mass is 10.1. The molecule has 0 radical (unpaired) electrons. The van der Waals surface area contributed by atoms with E-state index in [4.69, 9.17) is 0 Å². The quantitative estimate of drug-likeness (QED) is 0.820. The number of rotatable bonds is 6. The number of nitrogens with zero attached hydrogens (tertiary/aromatic N) is 2. The number of nitrogens with one attached hydrogen (secondary N) is 1. The monoisotopic (exact) mass is 393 g/mol. The van der Waals surface area contributed by atoms with E-state index in [2.05, 4.69) is 33.0 Å². The average Bonchev–Trinajstić information content (AvgIpc) is 3.11. The second-order valence-corrected chi connectivity index (χ2v) is 9.72. The summed E-state index contributed by atoms with van der Waals surface area (Å²) in [6.45, 7) is 7.80. The Hall–Kier alpha value is -1.25. The number of aryl methyl sites for hydroxylation is 1. The molecule has 142 valence electrons. The smallest absolute Gasteiger partial charge is 0.240 e. The van der Waals surface area contributed by atoms with E-state index in [1.54, 1.807) is 23.5 Å². The molecule has 0 amide bonds. The maximum absolute atomic E-state index is 12.8. The second-order valence-electron chi connectivity index (χ2n) is 7.02. The summed E-state index contributed by atoms with van der Waals surface area (Å²) < 4.78 is 28.6. The molecule has 1 fully saturated rings. The molecular formula is C19H27N3O2S2. The summed E-state index contributed by atoms with van der Waals surface area (Å²) >= 11 is 1.69. The number of hydrogen-bond acceptors (Lipinski definition) is 5. The number of likely N-dealkylation sites (N-methyl/N-ethyl adjacent to an activating group) is 1. The fraction of sp³-hybridized carbons (Fsp3) is 0.474. The fourth-order valence-corrected chi connectivity index (χ4v) is 5.61. The summed E-state index contributed by atoms with van der Waals surface area (Å²) in [6.07, 6.45) is 0. The van der Waals surface area contributed by atoms with Crippen LogP contribution in [0.5, 0.6) is 0 Å². The lowest BCUT2D eigenvalue weighted by Gasteiger charge is -2.40. The molecule has 0 unspecified atom stereocenters. The van der Waals surface area contributed by atoms with Gasteiger partial charge in [0.25, 0.3) is 0 Å². The predicted octanol–water partition coefficient (Wildman–Crippen LogP) is 2.71. The maximum atomic E-state index is 12.8. The van der Waals surface area contributed by atoms with Gasteiger partial charge in [0.15, 0.2) is 0 Å². The van der Waals surface area contributed by atoms with Gasteiger partial charge < -0.3 is 4.90 Å². The van der Waals surface area contributed by atoms with Crippen molar-refractivity contribution in [1.82, 2.24) is 14.5 Å². The Balaban J connectivity index is 1.81. The van der Waals surface area contributed by atoms with Crippen molar-refractivity contribution in [2.45, 2.75) is 30.8 Å². The highest BCUT2D eigenvalue weighted by Crippen LogP contribution is 2.30. The summed E-state index contributed by atoms with van der Waals surface area (Å²) in [6, 6.07) is 11.0. The third-order valence-corrected chi connectivity index (χ3v) is 7.43. The third kappa shape index (κ3) is 4.53. The first-order valence-electron chi connectivity index (χ1n) is 8.92. The molecule has 2 aromatic rings. The summed E-state index contributed by atoms with van der Waals surface area (Å²) in [5, 5.41) is 2.06. The number of sulfonamides is 1. The van der Waals surface area contributed by atoms with Crippen LogP contribution in [0.15, 0.2) is 46.7 Å². The lowest BCUT2D eigenvalue weighted by Crippen LogP contribution is -2.51. The highest BCUT2D eigenvalue weighted by atomic mass is 32.2. The fourth-order valence-electron chi connectivity index (χ4n) is 3.40. The standard InChI is InChI=1S/C19H27N3O2S2/c1-15-6-8-17(9-7-15)26(23,24)20-16(2)19(18-5-4-14-25-18)22-12-10-21(3)11-13-22/h4-9,14,16,19-20H,10-13H2,1-3H3/t16-,19+/m1/s1. The van der Waals surface area contributed by atoms with Gasteiger partial charge in [0.2, 0.25) is 10.0 Å². The molecule has 1 aromatic carbocycles. The van der Waals surface area contributed by atoms with Crippen LogP contribution >= 0.6 is 11.3 Å². The third-order valence-electron chi connectivity index (χ3n) is 4.91. The van der Waals surface area contributed by atoms with E-state index < -0.39 is 10.0 Å². The Morgan fingerprint density at radius 3 is 2.31 bits per heavy atom. The molecule has 2 atom stereocenters. The molecular weight excluding hydrogens is 366 g/mol. The second kappa shape index (κ2) is 8.19. The van der Waals surface area contributed by atoms with Crippen LogP contribution in [-0.2, 0) is 10.0 Å². The van der Waals surface area contributed by atoms with E-state index in [0.717, 1.165) is 31.7 Å². The molecule has 26 heavy (non-hydrogen) atoms. The topological polar surface area (TPSA) is 52.7 Å². The van der Waals surface area contributed by atoms with Crippen LogP contribution in [0.25, 0.3) is 0 Å². The summed E-state index contributed by atoms with van der Waals surface area (Å²) in [5.74, 6) is 0. The van der Waals surface area contributed by atoms with Gasteiger partial charge in [-0.2, -0.15) is 0 Å². The minimum absolute atomic E-state index is 0.0453. The van der Waals surface area contributed by atoms with Crippen molar-refractivity contribution in [3.8, 4) is 0 Å². The molecule has 1 saturated heterocycles. The van der Waals surface area contributed by atoms with Gasteiger partial charge >= 0.3 is 0 Å². The van der Waals surface area contributed by atoms with Crippen LogP contribution in [0.1, 0.15) is 23.4 Å². The highest BCUT2D eigenvalue weighted by Gasteiger charge is 2.31. The van der Waals surface area contributed by atoms with Crippen molar-refractivity contribution in [2.75, 3.05) is 33.2 Å². The van der Waals surface area contributed by atoms with Gasteiger partial charge in [-0.15, -0.1) is 11.3 Å². The van der Waals surface area contributed by atoms with Crippen LogP contribution in [0.4, 0.5) is 0 Å². The molecule has 2 heterocycles. The first kappa shape index (κ1) is 19.5. The molecule has 0 spiro atoms. The molecule has 1 aliphatic rings. The largest absolute Gasteiger partial charge is 0.304 e. The molecule has 1 aromatic heterocycles. The Bertz CT molecular complexity index is 796. The first-order chi connectivity index (χ1) is 12.4. The van der Waals surface area contributed by atoms with Crippen molar-refractivity contribution < 1.29 is 8.42 Å². The van der Waals surface area contributed by atoms with Crippen LogP contribution in [0.2, 0.25) is 0 Å². The van der Waals surface area contributed by atoms with Crippen LogP contribution in [0.3, 0.4) is 0 Å². The first-order valence-corrected chi connectivity index (χ1v) is 11.3. The maximum Gasteiger partial charge on any atom is 0.240 e. The number of thiophene rings is 1. The molecule has 1 aliphatic heterocycles. The summed E-state index contributed by atoms with van der Waals surface area (Å²) in [5.41, 5.74) is 1.05. The van der Waals surface area contributed by atoms with E-state index in [1.807, 2.05) is 32.0 Å². The normalized spacial score (nSPS) is 19.3. The van der Waals surface area contributed by atoms with Gasteiger partial charge in [-0.05, 0) is 44.5 Å². The number of piperazine rings is 1. The molecule has 3 rings (SSSR count). The summed E-state index contributed by atoms with van der Waals surface area (Å²) in [7, 11) is -1.42. The van der Waals surface area contributed by atoms with E-state index in [9.17, 15) is 8.42 Å². The van der Waals surface area contributed by atoms with Gasteiger partial charge in [-0.1, -0.05) is 23.8 Å². The van der Waals surface area contributed by atoms with Crippen LogP contribution in [0, 0.1) is 6.92 Å². The predicted molar refractivity (Wildman–Crippen MR) is 107 cm³/mol. The molecule has 0 aliphatic carbocycles. The zero-order chi connectivity index (χ0) is 18.7. The van der Waals surface area contributed by atoms with Gasteiger partial charge in [0, 0.05) is 37.1 Å². The average molecular weight is 394 g/mol. The zero-order valence-electron chi connectivity index (χ0n) is 15.6. The number of hydrogen-bond donors (Lipinski definition) is 1. The van der Waals surface area contributed by atoms with Crippen molar-refractivity contribution in [2.24, 2.45) is 0 Å².